The number of nitrogens with one attached hydrogen (secondary N) is 1. The Morgan fingerprint density at radius 1 is 1.26 bits per heavy atom. The van der Waals surface area contributed by atoms with Gasteiger partial charge in [-0.25, -0.2) is 4.98 Å². The Bertz CT molecular complexity index is 1180. The van der Waals surface area contributed by atoms with Crippen molar-refractivity contribution in [3.8, 4) is 11.5 Å². The van der Waals surface area contributed by atoms with Gasteiger partial charge in [-0.05, 0) is 42.3 Å². The Balaban J connectivity index is 1.54. The van der Waals surface area contributed by atoms with E-state index >= 15 is 0 Å². The third-order valence-electron chi connectivity index (χ3n) is 5.31. The number of ether oxygens (including phenoxy) is 2. The van der Waals surface area contributed by atoms with Gasteiger partial charge in [0, 0.05) is 11.3 Å². The quantitative estimate of drug-likeness (QED) is 0.487. The van der Waals surface area contributed by atoms with Gasteiger partial charge in [0.05, 0.1) is 25.6 Å². The molecule has 2 heterocycles. The molecule has 1 aromatic heterocycles. The zero-order chi connectivity index (χ0) is 24.1. The van der Waals surface area contributed by atoms with E-state index in [0.29, 0.717) is 42.0 Å². The van der Waals surface area contributed by atoms with E-state index in [2.05, 4.69) is 10.3 Å². The molecule has 1 amide bonds. The van der Waals surface area contributed by atoms with Crippen LogP contribution < -0.4 is 10.1 Å². The van der Waals surface area contributed by atoms with E-state index in [1.165, 1.54) is 19.7 Å². The number of aldehydes is 1. The number of phenols is 1. The number of aromatic nitrogens is 1. The van der Waals surface area contributed by atoms with Gasteiger partial charge in [-0.2, -0.15) is 5.10 Å². The van der Waals surface area contributed by atoms with Crippen molar-refractivity contribution >= 4 is 23.6 Å². The highest BCUT2D eigenvalue weighted by atomic mass is 16.5. The molecule has 2 atom stereocenters. The Kier molecular flexibility index (Phi) is 6.88. The Hall–Kier alpha value is -4.18. The van der Waals surface area contributed by atoms with E-state index in [0.717, 1.165) is 5.56 Å². The van der Waals surface area contributed by atoms with Crippen LogP contribution >= 0.6 is 0 Å². The number of hydrogen-bond donors (Lipinski definition) is 2. The van der Waals surface area contributed by atoms with Crippen LogP contribution in [-0.2, 0) is 16.1 Å². The molecule has 0 fully saturated rings. The molecule has 0 bridgehead atoms. The second-order valence-corrected chi connectivity index (χ2v) is 7.55. The van der Waals surface area contributed by atoms with Gasteiger partial charge in [0.1, 0.15) is 6.10 Å². The van der Waals surface area contributed by atoms with Gasteiger partial charge in [0.15, 0.2) is 24.2 Å². The largest absolute Gasteiger partial charge is 0.504 e. The average Bonchev–Trinajstić information content (AvgIpc) is 3.40. The normalized spacial score (nSPS) is 17.7. The third-order valence-corrected chi connectivity index (χ3v) is 5.31. The standard InChI is InChI=1S/C24H24N4O6/c1-3-19-23(16-6-9-20(32-2)18(30)10-16)27-28(22(13-29)34-19)12-15-4-7-17(8-5-15)26-24(31)21-11-25-14-33-21/h4-11,13-14,19,22,30H,3,12H2,1-2H3,(H,26,31)/t19-,22?/m1/s1. The summed E-state index contributed by atoms with van der Waals surface area (Å²) in [7, 11) is 1.48. The van der Waals surface area contributed by atoms with Crippen LogP contribution in [0.2, 0.25) is 0 Å². The number of anilines is 1. The lowest BCUT2D eigenvalue weighted by Crippen LogP contribution is -2.45. The van der Waals surface area contributed by atoms with E-state index in [1.54, 1.807) is 35.3 Å². The van der Waals surface area contributed by atoms with Crippen molar-refractivity contribution in [3.05, 3.63) is 71.9 Å². The van der Waals surface area contributed by atoms with Crippen LogP contribution in [0.25, 0.3) is 0 Å². The molecule has 3 aromatic rings. The molecule has 1 aliphatic heterocycles. The summed E-state index contributed by atoms with van der Waals surface area (Å²) < 4.78 is 16.1. The van der Waals surface area contributed by atoms with E-state index in [1.807, 2.05) is 19.1 Å². The summed E-state index contributed by atoms with van der Waals surface area (Å²) in [5.74, 6) is 0.0513. The van der Waals surface area contributed by atoms with Gasteiger partial charge >= 0.3 is 0 Å². The van der Waals surface area contributed by atoms with Crippen molar-refractivity contribution in [2.75, 3.05) is 12.4 Å². The van der Waals surface area contributed by atoms with Gasteiger partial charge in [0.25, 0.3) is 5.91 Å². The van der Waals surface area contributed by atoms with Gasteiger partial charge in [-0.15, -0.1) is 0 Å². The Labute approximate surface area is 195 Å². The summed E-state index contributed by atoms with van der Waals surface area (Å²) in [5, 5.41) is 19.2. The Morgan fingerprint density at radius 3 is 2.68 bits per heavy atom. The number of phenolic OH excluding ortho intramolecular Hbond substituents is 1. The molecule has 1 aliphatic rings. The lowest BCUT2D eigenvalue weighted by molar-refractivity contribution is -0.139. The second kappa shape index (κ2) is 10.2. The van der Waals surface area contributed by atoms with E-state index in [9.17, 15) is 14.7 Å². The maximum atomic E-state index is 12.1. The molecule has 4 rings (SSSR count). The smallest absolute Gasteiger partial charge is 0.293 e. The first-order valence-electron chi connectivity index (χ1n) is 10.6. The summed E-state index contributed by atoms with van der Waals surface area (Å²) >= 11 is 0. The molecule has 10 nitrogen and oxygen atoms in total. The Morgan fingerprint density at radius 2 is 2.06 bits per heavy atom. The first kappa shape index (κ1) is 23.0. The highest BCUT2D eigenvalue weighted by molar-refractivity contribution is 6.04. The van der Waals surface area contributed by atoms with Crippen molar-refractivity contribution in [2.45, 2.75) is 32.2 Å². The number of methoxy groups -OCH3 is 1. The maximum absolute atomic E-state index is 12.1. The fourth-order valence-electron chi connectivity index (χ4n) is 3.57. The number of hydrogen-bond acceptors (Lipinski definition) is 9. The number of nitrogens with zero attached hydrogens (tertiary/aromatic N) is 3. The molecule has 176 valence electrons. The van der Waals surface area contributed by atoms with Crippen LogP contribution in [-0.4, -0.2) is 52.4 Å². The van der Waals surface area contributed by atoms with E-state index in [4.69, 9.17) is 19.0 Å². The van der Waals surface area contributed by atoms with Gasteiger partial charge in [0.2, 0.25) is 12.0 Å². The topological polar surface area (TPSA) is 126 Å². The predicted octanol–water partition coefficient (Wildman–Crippen LogP) is 3.18. The number of hydrazone groups is 1. The fraction of sp³-hybridized carbons (Fsp3) is 0.250. The minimum absolute atomic E-state index is 0.00965. The number of oxazole rings is 1. The molecule has 1 unspecified atom stereocenters. The number of aromatic hydroxyl groups is 1. The first-order valence-corrected chi connectivity index (χ1v) is 10.6. The molecule has 10 heteroatoms. The van der Waals surface area contributed by atoms with Crippen LogP contribution in [0.15, 0.2) is 64.6 Å². The molecule has 0 radical (unpaired) electrons. The average molecular weight is 464 g/mol. The molecule has 0 spiro atoms. The number of amides is 1. The van der Waals surface area contributed by atoms with E-state index < -0.39 is 18.2 Å². The van der Waals surface area contributed by atoms with Crippen molar-refractivity contribution in [1.29, 1.82) is 0 Å². The highest BCUT2D eigenvalue weighted by Gasteiger charge is 2.31. The second-order valence-electron chi connectivity index (χ2n) is 7.55. The van der Waals surface area contributed by atoms with Gasteiger partial charge < -0.3 is 24.3 Å². The summed E-state index contributed by atoms with van der Waals surface area (Å²) in [6.07, 6.45) is 2.57. The SMILES string of the molecule is CC[C@H]1OC(C=O)N(Cc2ccc(NC(=O)c3cnco3)cc2)N=C1c1ccc(OC)c(O)c1. The maximum Gasteiger partial charge on any atom is 0.293 e. The minimum Gasteiger partial charge on any atom is -0.504 e. The van der Waals surface area contributed by atoms with Gasteiger partial charge in [-0.3, -0.25) is 14.6 Å². The zero-order valence-electron chi connectivity index (χ0n) is 18.7. The molecule has 0 aliphatic carbocycles. The predicted molar refractivity (Wildman–Crippen MR) is 123 cm³/mol. The molecule has 2 aromatic carbocycles. The monoisotopic (exact) mass is 464 g/mol. The lowest BCUT2D eigenvalue weighted by Gasteiger charge is -2.35. The van der Waals surface area contributed by atoms with Crippen LogP contribution in [0, 0.1) is 0 Å². The summed E-state index contributed by atoms with van der Waals surface area (Å²) in [5.41, 5.74) is 2.71. The third kappa shape index (κ3) is 4.91. The number of carbonyl (C=O) groups excluding carboxylic acids is 2. The number of rotatable bonds is 8. The molecule has 0 saturated carbocycles. The number of carbonyl (C=O) groups is 2. The van der Waals surface area contributed by atoms with Crippen LogP contribution in [0.4, 0.5) is 5.69 Å². The molecular weight excluding hydrogens is 440 g/mol. The van der Waals surface area contributed by atoms with E-state index in [-0.39, 0.29) is 11.5 Å². The summed E-state index contributed by atoms with van der Waals surface area (Å²) in [6.45, 7) is 2.23. The van der Waals surface area contributed by atoms with Crippen molar-refractivity contribution < 1.29 is 28.6 Å². The van der Waals surface area contributed by atoms with Crippen molar-refractivity contribution in [2.24, 2.45) is 5.10 Å². The molecule has 34 heavy (non-hydrogen) atoms. The van der Waals surface area contributed by atoms with Crippen LogP contribution in [0.3, 0.4) is 0 Å². The molecular formula is C24H24N4O6. The molecule has 0 saturated heterocycles. The van der Waals surface area contributed by atoms with Crippen LogP contribution in [0.5, 0.6) is 11.5 Å². The van der Waals surface area contributed by atoms with Crippen molar-refractivity contribution in [3.63, 3.8) is 0 Å². The summed E-state index contributed by atoms with van der Waals surface area (Å²) in [6, 6.07) is 12.1. The highest BCUT2D eigenvalue weighted by Crippen LogP contribution is 2.29. The van der Waals surface area contributed by atoms with Crippen molar-refractivity contribution in [1.82, 2.24) is 9.99 Å². The fourth-order valence-corrected chi connectivity index (χ4v) is 3.57. The van der Waals surface area contributed by atoms with Gasteiger partial charge in [-0.1, -0.05) is 19.1 Å². The summed E-state index contributed by atoms with van der Waals surface area (Å²) in [4.78, 5) is 27.6. The van der Waals surface area contributed by atoms with Crippen LogP contribution in [0.1, 0.15) is 35.0 Å². The zero-order valence-corrected chi connectivity index (χ0v) is 18.7. The minimum atomic E-state index is -0.855. The first-order chi connectivity index (χ1) is 16.5. The molecule has 2 N–H and O–H groups in total. The lowest BCUT2D eigenvalue weighted by atomic mass is 10.0. The number of benzene rings is 2.